The fourth-order valence-electron chi connectivity index (χ4n) is 1.42. The van der Waals surface area contributed by atoms with Gasteiger partial charge in [-0.2, -0.15) is 0 Å². The van der Waals surface area contributed by atoms with E-state index in [1.165, 1.54) is 18.2 Å². The lowest BCUT2D eigenvalue weighted by atomic mass is 9.95. The summed E-state index contributed by atoms with van der Waals surface area (Å²) in [5.74, 6) is -1.42. The van der Waals surface area contributed by atoms with Gasteiger partial charge in [-0.05, 0) is 30.2 Å². The number of benzene rings is 1. The molecule has 1 aromatic rings. The van der Waals surface area contributed by atoms with Crippen LogP contribution in [-0.2, 0) is 0 Å². The average molecular weight is 203 g/mol. The first kappa shape index (κ1) is 11.0. The first-order valence-corrected chi connectivity index (χ1v) is 4.30. The van der Waals surface area contributed by atoms with Crippen LogP contribution in [0.4, 0.5) is 13.2 Å². The summed E-state index contributed by atoms with van der Waals surface area (Å²) in [4.78, 5) is 0. The molecule has 4 heteroatoms. The first-order chi connectivity index (χ1) is 6.56. The average Bonchev–Trinajstić information content (AvgIpc) is 2.09. The molecule has 0 aliphatic rings. The molecular weight excluding hydrogens is 191 g/mol. The quantitative estimate of drug-likeness (QED) is 0.802. The molecule has 0 aliphatic carbocycles. The van der Waals surface area contributed by atoms with Crippen LogP contribution >= 0.6 is 0 Å². The summed E-state index contributed by atoms with van der Waals surface area (Å²) >= 11 is 0. The fourth-order valence-corrected chi connectivity index (χ4v) is 1.42. The number of rotatable bonds is 3. The minimum Gasteiger partial charge on any atom is -0.330 e. The van der Waals surface area contributed by atoms with Crippen LogP contribution in [0.25, 0.3) is 0 Å². The maximum absolute atomic E-state index is 12.7. The van der Waals surface area contributed by atoms with E-state index in [4.69, 9.17) is 5.73 Å². The Kier molecular flexibility index (Phi) is 3.52. The van der Waals surface area contributed by atoms with Gasteiger partial charge in [0.05, 0.1) is 5.92 Å². The molecule has 0 spiro atoms. The van der Waals surface area contributed by atoms with Crippen molar-refractivity contribution in [3.63, 3.8) is 0 Å². The summed E-state index contributed by atoms with van der Waals surface area (Å²) < 4.78 is 37.7. The van der Waals surface area contributed by atoms with E-state index in [-0.39, 0.29) is 6.54 Å². The second-order valence-corrected chi connectivity index (χ2v) is 3.18. The molecule has 0 aliphatic heterocycles. The zero-order chi connectivity index (χ0) is 10.7. The molecule has 0 aromatic heterocycles. The molecule has 1 nitrogen and oxygen atoms in total. The molecule has 14 heavy (non-hydrogen) atoms. The van der Waals surface area contributed by atoms with Crippen LogP contribution in [0, 0.1) is 12.7 Å². The van der Waals surface area contributed by atoms with Gasteiger partial charge in [-0.3, -0.25) is 0 Å². The number of halogens is 3. The predicted molar refractivity (Wildman–Crippen MR) is 48.9 cm³/mol. The Morgan fingerprint density at radius 1 is 1.36 bits per heavy atom. The Morgan fingerprint density at radius 3 is 2.43 bits per heavy atom. The highest BCUT2D eigenvalue weighted by molar-refractivity contribution is 5.30. The molecule has 1 atom stereocenters. The Balaban J connectivity index is 3.04. The van der Waals surface area contributed by atoms with E-state index < -0.39 is 18.2 Å². The third-order valence-electron chi connectivity index (χ3n) is 2.19. The van der Waals surface area contributed by atoms with Gasteiger partial charge in [0.1, 0.15) is 5.82 Å². The van der Waals surface area contributed by atoms with Crippen molar-refractivity contribution in [2.75, 3.05) is 6.54 Å². The fraction of sp³-hybridized carbons (Fsp3) is 0.400. The van der Waals surface area contributed by atoms with Gasteiger partial charge in [0.15, 0.2) is 0 Å². The molecule has 78 valence electrons. The minimum absolute atomic E-state index is 0.135. The SMILES string of the molecule is Cc1cc(F)ccc1C(CN)C(F)F. The van der Waals surface area contributed by atoms with E-state index in [1.807, 2.05) is 0 Å². The second kappa shape index (κ2) is 4.46. The highest BCUT2D eigenvalue weighted by Gasteiger charge is 2.22. The lowest BCUT2D eigenvalue weighted by molar-refractivity contribution is 0.117. The highest BCUT2D eigenvalue weighted by Crippen LogP contribution is 2.25. The van der Waals surface area contributed by atoms with Crippen LogP contribution in [0.1, 0.15) is 17.0 Å². The van der Waals surface area contributed by atoms with Gasteiger partial charge >= 0.3 is 0 Å². The molecule has 0 saturated heterocycles. The third-order valence-corrected chi connectivity index (χ3v) is 2.19. The Hall–Kier alpha value is -1.03. The monoisotopic (exact) mass is 203 g/mol. The topological polar surface area (TPSA) is 26.0 Å². The van der Waals surface area contributed by atoms with Gasteiger partial charge in [-0.25, -0.2) is 13.2 Å². The highest BCUT2D eigenvalue weighted by atomic mass is 19.3. The van der Waals surface area contributed by atoms with Crippen LogP contribution in [0.3, 0.4) is 0 Å². The molecule has 2 N–H and O–H groups in total. The Morgan fingerprint density at radius 2 is 2.00 bits per heavy atom. The summed E-state index contributed by atoms with van der Waals surface area (Å²) in [5, 5.41) is 0. The van der Waals surface area contributed by atoms with Crippen LogP contribution in [0.2, 0.25) is 0 Å². The minimum atomic E-state index is -2.51. The standard InChI is InChI=1S/C10H12F3N/c1-6-4-7(11)2-3-8(6)9(5-14)10(12)13/h2-4,9-10H,5,14H2,1H3. The molecule has 0 radical (unpaired) electrons. The van der Waals surface area contributed by atoms with Crippen LogP contribution in [0.15, 0.2) is 18.2 Å². The Bertz CT molecular complexity index is 312. The number of hydrogen-bond acceptors (Lipinski definition) is 1. The summed E-state index contributed by atoms with van der Waals surface area (Å²) in [6, 6.07) is 3.78. The van der Waals surface area contributed by atoms with Crippen LogP contribution < -0.4 is 5.73 Å². The third kappa shape index (κ3) is 2.26. The van der Waals surface area contributed by atoms with Crippen molar-refractivity contribution in [3.05, 3.63) is 35.1 Å². The smallest absolute Gasteiger partial charge is 0.246 e. The van der Waals surface area contributed by atoms with Crippen molar-refractivity contribution in [2.24, 2.45) is 5.73 Å². The van der Waals surface area contributed by atoms with Crippen molar-refractivity contribution in [3.8, 4) is 0 Å². The lowest BCUT2D eigenvalue weighted by Crippen LogP contribution is -2.20. The van der Waals surface area contributed by atoms with Gasteiger partial charge in [0.2, 0.25) is 6.43 Å². The molecule has 0 bridgehead atoms. The zero-order valence-electron chi connectivity index (χ0n) is 7.81. The predicted octanol–water partition coefficient (Wildman–Crippen LogP) is 2.44. The lowest BCUT2D eigenvalue weighted by Gasteiger charge is -2.16. The zero-order valence-corrected chi connectivity index (χ0v) is 7.81. The van der Waals surface area contributed by atoms with Gasteiger partial charge in [-0.1, -0.05) is 6.07 Å². The van der Waals surface area contributed by atoms with Crippen LogP contribution in [-0.4, -0.2) is 13.0 Å². The van der Waals surface area contributed by atoms with Gasteiger partial charge in [0.25, 0.3) is 0 Å². The molecule has 0 fully saturated rings. The van der Waals surface area contributed by atoms with Gasteiger partial charge in [0, 0.05) is 6.54 Å². The van der Waals surface area contributed by atoms with Gasteiger partial charge in [-0.15, -0.1) is 0 Å². The number of alkyl halides is 2. The van der Waals surface area contributed by atoms with Crippen molar-refractivity contribution in [2.45, 2.75) is 19.3 Å². The van der Waals surface area contributed by atoms with Gasteiger partial charge < -0.3 is 5.73 Å². The number of hydrogen-bond donors (Lipinski definition) is 1. The van der Waals surface area contributed by atoms with Crippen molar-refractivity contribution < 1.29 is 13.2 Å². The maximum Gasteiger partial charge on any atom is 0.246 e. The van der Waals surface area contributed by atoms with Crippen molar-refractivity contribution in [1.82, 2.24) is 0 Å². The summed E-state index contributed by atoms with van der Waals surface area (Å²) in [5.41, 5.74) is 6.17. The molecule has 0 saturated carbocycles. The Labute approximate surface area is 80.7 Å². The van der Waals surface area contributed by atoms with Crippen LogP contribution in [0.5, 0.6) is 0 Å². The van der Waals surface area contributed by atoms with E-state index in [1.54, 1.807) is 6.92 Å². The maximum atomic E-state index is 12.7. The summed E-state index contributed by atoms with van der Waals surface area (Å²) in [6.07, 6.45) is -2.51. The molecule has 1 unspecified atom stereocenters. The number of nitrogens with two attached hydrogens (primary N) is 1. The van der Waals surface area contributed by atoms with E-state index >= 15 is 0 Å². The summed E-state index contributed by atoms with van der Waals surface area (Å²) in [7, 11) is 0. The first-order valence-electron chi connectivity index (χ1n) is 4.30. The van der Waals surface area contributed by atoms with Crippen molar-refractivity contribution in [1.29, 1.82) is 0 Å². The molecular formula is C10H12F3N. The number of aryl methyl sites for hydroxylation is 1. The van der Waals surface area contributed by atoms with E-state index in [0.717, 1.165) is 0 Å². The summed E-state index contributed by atoms with van der Waals surface area (Å²) in [6.45, 7) is 1.47. The van der Waals surface area contributed by atoms with E-state index in [2.05, 4.69) is 0 Å². The molecule has 1 rings (SSSR count). The molecule has 1 aromatic carbocycles. The second-order valence-electron chi connectivity index (χ2n) is 3.18. The normalized spacial score (nSPS) is 13.3. The largest absolute Gasteiger partial charge is 0.330 e. The van der Waals surface area contributed by atoms with Crippen molar-refractivity contribution >= 4 is 0 Å². The molecule has 0 amide bonds. The van der Waals surface area contributed by atoms with E-state index in [9.17, 15) is 13.2 Å². The van der Waals surface area contributed by atoms with E-state index in [0.29, 0.717) is 11.1 Å². The molecule has 0 heterocycles.